The lowest BCUT2D eigenvalue weighted by molar-refractivity contribution is 0.563. The Hall–Kier alpha value is -1.33. The second-order valence-electron chi connectivity index (χ2n) is 2.88. The number of nitriles is 1. The topological polar surface area (TPSA) is 35.8 Å². The Bertz CT molecular complexity index is 274. The van der Waals surface area contributed by atoms with Crippen molar-refractivity contribution >= 4 is 0 Å². The lowest BCUT2D eigenvalue weighted by atomic mass is 10.0. The van der Waals surface area contributed by atoms with E-state index in [4.69, 9.17) is 5.26 Å². The Balaban J connectivity index is 2.71. The zero-order chi connectivity index (χ0) is 9.52. The van der Waals surface area contributed by atoms with E-state index in [9.17, 15) is 0 Å². The second kappa shape index (κ2) is 5.34. The first-order chi connectivity index (χ1) is 6.38. The Morgan fingerprint density at radius 2 is 2.08 bits per heavy atom. The van der Waals surface area contributed by atoms with Gasteiger partial charge in [-0.25, -0.2) is 0 Å². The average Bonchev–Trinajstić information content (AvgIpc) is 2.19. The first-order valence-electron chi connectivity index (χ1n) is 4.53. The minimum atomic E-state index is 0.177. The molecule has 0 bridgehead atoms. The van der Waals surface area contributed by atoms with Gasteiger partial charge in [-0.3, -0.25) is 0 Å². The van der Waals surface area contributed by atoms with E-state index in [1.165, 1.54) is 5.56 Å². The molecule has 13 heavy (non-hydrogen) atoms. The van der Waals surface area contributed by atoms with E-state index in [1.54, 1.807) is 0 Å². The molecule has 2 nitrogen and oxygen atoms in total. The summed E-state index contributed by atoms with van der Waals surface area (Å²) in [4.78, 5) is 0. The lowest BCUT2D eigenvalue weighted by Gasteiger charge is -2.14. The maximum Gasteiger partial charge on any atom is 0.0641 e. The van der Waals surface area contributed by atoms with Gasteiger partial charge in [-0.15, -0.1) is 0 Å². The number of benzene rings is 1. The van der Waals surface area contributed by atoms with E-state index in [0.717, 1.165) is 6.54 Å². The van der Waals surface area contributed by atoms with Gasteiger partial charge in [0, 0.05) is 6.04 Å². The van der Waals surface area contributed by atoms with Gasteiger partial charge >= 0.3 is 0 Å². The Labute approximate surface area is 79.2 Å². The SMILES string of the molecule is CCNC(CC#N)c1ccccc1. The van der Waals surface area contributed by atoms with Crippen LogP contribution < -0.4 is 5.32 Å². The molecule has 0 aromatic heterocycles. The highest BCUT2D eigenvalue weighted by molar-refractivity contribution is 5.19. The van der Waals surface area contributed by atoms with E-state index < -0.39 is 0 Å². The van der Waals surface area contributed by atoms with Crippen LogP contribution in [0.25, 0.3) is 0 Å². The van der Waals surface area contributed by atoms with Crippen LogP contribution in [0.2, 0.25) is 0 Å². The van der Waals surface area contributed by atoms with E-state index >= 15 is 0 Å². The standard InChI is InChI=1S/C11H14N2/c1-2-13-11(8-9-12)10-6-4-3-5-7-10/h3-7,11,13H,2,8H2,1H3. The minimum absolute atomic E-state index is 0.177. The van der Waals surface area contributed by atoms with Gasteiger partial charge < -0.3 is 5.32 Å². The van der Waals surface area contributed by atoms with Crippen LogP contribution in [-0.2, 0) is 0 Å². The summed E-state index contributed by atoms with van der Waals surface area (Å²) in [7, 11) is 0. The smallest absolute Gasteiger partial charge is 0.0641 e. The highest BCUT2D eigenvalue weighted by atomic mass is 14.9. The molecule has 0 fully saturated rings. The first-order valence-corrected chi connectivity index (χ1v) is 4.53. The highest BCUT2D eigenvalue weighted by Crippen LogP contribution is 2.14. The molecule has 0 radical (unpaired) electrons. The molecule has 0 aliphatic rings. The van der Waals surface area contributed by atoms with Crippen LogP contribution in [-0.4, -0.2) is 6.54 Å². The molecule has 0 aliphatic heterocycles. The van der Waals surface area contributed by atoms with Gasteiger partial charge in [0.2, 0.25) is 0 Å². The first kappa shape index (κ1) is 9.76. The van der Waals surface area contributed by atoms with Gasteiger partial charge in [-0.05, 0) is 12.1 Å². The molecule has 1 atom stereocenters. The van der Waals surface area contributed by atoms with Crippen LogP contribution >= 0.6 is 0 Å². The molecule has 1 unspecified atom stereocenters. The molecule has 0 spiro atoms. The van der Waals surface area contributed by atoms with Gasteiger partial charge in [0.25, 0.3) is 0 Å². The second-order valence-corrected chi connectivity index (χ2v) is 2.88. The predicted octanol–water partition coefficient (Wildman–Crippen LogP) is 2.25. The summed E-state index contributed by atoms with van der Waals surface area (Å²) in [5.41, 5.74) is 1.19. The van der Waals surface area contributed by atoms with E-state index in [0.29, 0.717) is 6.42 Å². The van der Waals surface area contributed by atoms with Crippen molar-refractivity contribution in [2.75, 3.05) is 6.54 Å². The van der Waals surface area contributed by atoms with Crippen molar-refractivity contribution in [1.29, 1.82) is 5.26 Å². The third-order valence-electron chi connectivity index (χ3n) is 1.95. The fourth-order valence-electron chi connectivity index (χ4n) is 1.33. The van der Waals surface area contributed by atoms with Crippen molar-refractivity contribution in [1.82, 2.24) is 5.32 Å². The molecule has 0 saturated heterocycles. The van der Waals surface area contributed by atoms with E-state index in [2.05, 4.69) is 11.4 Å². The predicted molar refractivity (Wildman–Crippen MR) is 53.1 cm³/mol. The molecular formula is C11H14N2. The molecule has 0 aliphatic carbocycles. The normalized spacial score (nSPS) is 12.0. The van der Waals surface area contributed by atoms with Crippen LogP contribution in [0.5, 0.6) is 0 Å². The Morgan fingerprint density at radius 1 is 1.38 bits per heavy atom. The van der Waals surface area contributed by atoms with Crippen molar-refractivity contribution in [3.63, 3.8) is 0 Å². The largest absolute Gasteiger partial charge is 0.309 e. The molecule has 0 heterocycles. The number of rotatable bonds is 4. The molecular weight excluding hydrogens is 160 g/mol. The molecule has 1 aromatic rings. The minimum Gasteiger partial charge on any atom is -0.309 e. The fraction of sp³-hybridized carbons (Fsp3) is 0.364. The maximum atomic E-state index is 8.63. The quantitative estimate of drug-likeness (QED) is 0.760. The van der Waals surface area contributed by atoms with Crippen molar-refractivity contribution in [3.05, 3.63) is 35.9 Å². The Morgan fingerprint density at radius 3 is 2.62 bits per heavy atom. The van der Waals surface area contributed by atoms with Crippen molar-refractivity contribution in [2.45, 2.75) is 19.4 Å². The van der Waals surface area contributed by atoms with E-state index in [-0.39, 0.29) is 6.04 Å². The van der Waals surface area contributed by atoms with Crippen molar-refractivity contribution in [3.8, 4) is 6.07 Å². The van der Waals surface area contributed by atoms with Crippen LogP contribution in [0, 0.1) is 11.3 Å². The van der Waals surface area contributed by atoms with Gasteiger partial charge in [0.15, 0.2) is 0 Å². The summed E-state index contributed by atoms with van der Waals surface area (Å²) in [6, 6.07) is 12.4. The number of hydrogen-bond acceptors (Lipinski definition) is 2. The molecule has 0 amide bonds. The number of hydrogen-bond donors (Lipinski definition) is 1. The number of nitrogens with zero attached hydrogens (tertiary/aromatic N) is 1. The van der Waals surface area contributed by atoms with Crippen LogP contribution in [0.3, 0.4) is 0 Å². The summed E-state index contributed by atoms with van der Waals surface area (Å²) < 4.78 is 0. The van der Waals surface area contributed by atoms with Crippen LogP contribution in [0.1, 0.15) is 24.9 Å². The fourth-order valence-corrected chi connectivity index (χ4v) is 1.33. The van der Waals surface area contributed by atoms with Gasteiger partial charge in [-0.2, -0.15) is 5.26 Å². The zero-order valence-electron chi connectivity index (χ0n) is 7.83. The van der Waals surface area contributed by atoms with Crippen LogP contribution in [0.4, 0.5) is 0 Å². The third-order valence-corrected chi connectivity index (χ3v) is 1.95. The monoisotopic (exact) mass is 174 g/mol. The summed E-state index contributed by atoms with van der Waals surface area (Å²) in [5.74, 6) is 0. The van der Waals surface area contributed by atoms with Gasteiger partial charge in [0.1, 0.15) is 0 Å². The summed E-state index contributed by atoms with van der Waals surface area (Å²) in [6.45, 7) is 2.94. The lowest BCUT2D eigenvalue weighted by Crippen LogP contribution is -2.20. The molecule has 1 rings (SSSR count). The molecule has 0 saturated carbocycles. The van der Waals surface area contributed by atoms with Crippen LogP contribution in [0.15, 0.2) is 30.3 Å². The zero-order valence-corrected chi connectivity index (χ0v) is 7.83. The summed E-state index contributed by atoms with van der Waals surface area (Å²) >= 11 is 0. The third kappa shape index (κ3) is 2.89. The summed E-state index contributed by atoms with van der Waals surface area (Å²) in [5, 5.41) is 11.9. The van der Waals surface area contributed by atoms with Gasteiger partial charge in [-0.1, -0.05) is 37.3 Å². The van der Waals surface area contributed by atoms with Crippen molar-refractivity contribution in [2.24, 2.45) is 0 Å². The average molecular weight is 174 g/mol. The molecule has 2 heteroatoms. The summed E-state index contributed by atoms with van der Waals surface area (Å²) in [6.07, 6.45) is 0.526. The molecule has 68 valence electrons. The van der Waals surface area contributed by atoms with E-state index in [1.807, 2.05) is 37.3 Å². The maximum absolute atomic E-state index is 8.63. The molecule has 1 N–H and O–H groups in total. The highest BCUT2D eigenvalue weighted by Gasteiger charge is 2.07. The van der Waals surface area contributed by atoms with Gasteiger partial charge in [0.05, 0.1) is 12.5 Å². The van der Waals surface area contributed by atoms with Crippen molar-refractivity contribution < 1.29 is 0 Å². The number of nitrogens with one attached hydrogen (secondary N) is 1. The molecule has 1 aromatic carbocycles. The Kier molecular flexibility index (Phi) is 4.01.